The van der Waals surface area contributed by atoms with Crippen LogP contribution in [0, 0.1) is 6.92 Å². The molecule has 2 heterocycles. The van der Waals surface area contributed by atoms with Gasteiger partial charge in [-0.05, 0) is 25.8 Å². The molecule has 0 bridgehead atoms. The molecule has 1 aliphatic heterocycles. The van der Waals surface area contributed by atoms with E-state index in [1.54, 1.807) is 0 Å². The lowest BCUT2D eigenvalue weighted by Crippen LogP contribution is -2.37. The Morgan fingerprint density at radius 3 is 2.88 bits per heavy atom. The summed E-state index contributed by atoms with van der Waals surface area (Å²) in [5.41, 5.74) is 7.71. The van der Waals surface area contributed by atoms with Gasteiger partial charge in [-0.3, -0.25) is 0 Å². The highest BCUT2D eigenvalue weighted by atomic mass is 16.5. The number of hydrogen-bond donors (Lipinski definition) is 1. The molecule has 2 atom stereocenters. The van der Waals surface area contributed by atoms with E-state index in [0.717, 1.165) is 30.1 Å². The summed E-state index contributed by atoms with van der Waals surface area (Å²) in [6, 6.07) is 2.33. The van der Waals surface area contributed by atoms with E-state index in [1.165, 1.54) is 0 Å². The lowest BCUT2D eigenvalue weighted by molar-refractivity contribution is 0.118. The number of nitrogen functional groups attached to an aromatic ring is 1. The van der Waals surface area contributed by atoms with Crippen molar-refractivity contribution in [1.82, 2.24) is 4.98 Å². The topological polar surface area (TPSA) is 51.4 Å². The van der Waals surface area contributed by atoms with E-state index in [0.29, 0.717) is 6.04 Å². The summed E-state index contributed by atoms with van der Waals surface area (Å²) in [4.78, 5) is 6.57. The first-order chi connectivity index (χ1) is 7.59. The van der Waals surface area contributed by atoms with Crippen molar-refractivity contribution in [1.29, 1.82) is 0 Å². The first-order valence-electron chi connectivity index (χ1n) is 5.66. The minimum atomic E-state index is 0.259. The molecular formula is C12H19N3O. The summed E-state index contributed by atoms with van der Waals surface area (Å²) in [6.45, 7) is 4.90. The molecular weight excluding hydrogens is 202 g/mol. The third-order valence-corrected chi connectivity index (χ3v) is 3.33. The van der Waals surface area contributed by atoms with Gasteiger partial charge in [-0.1, -0.05) is 0 Å². The first-order valence-corrected chi connectivity index (χ1v) is 5.66. The Labute approximate surface area is 96.4 Å². The second kappa shape index (κ2) is 4.29. The first kappa shape index (κ1) is 11.2. The lowest BCUT2D eigenvalue weighted by atomic mass is 10.1. The number of rotatable bonds is 2. The largest absolute Gasteiger partial charge is 0.398 e. The van der Waals surface area contributed by atoms with Gasteiger partial charge in [0, 0.05) is 31.6 Å². The molecule has 88 valence electrons. The second-order valence-electron chi connectivity index (χ2n) is 4.44. The Hall–Kier alpha value is -1.29. The number of pyridine rings is 1. The Morgan fingerprint density at radius 1 is 1.56 bits per heavy atom. The van der Waals surface area contributed by atoms with Crippen LogP contribution in [0.3, 0.4) is 0 Å². The molecule has 4 nitrogen and oxygen atoms in total. The van der Waals surface area contributed by atoms with Crippen LogP contribution in [0.5, 0.6) is 0 Å². The fourth-order valence-corrected chi connectivity index (χ4v) is 2.12. The van der Waals surface area contributed by atoms with Gasteiger partial charge in [-0.25, -0.2) is 4.98 Å². The van der Waals surface area contributed by atoms with Crippen molar-refractivity contribution in [2.45, 2.75) is 32.4 Å². The van der Waals surface area contributed by atoms with E-state index in [1.807, 2.05) is 26.2 Å². The minimum absolute atomic E-state index is 0.259. The van der Waals surface area contributed by atoms with Crippen molar-refractivity contribution >= 4 is 11.5 Å². The molecule has 2 N–H and O–H groups in total. The molecule has 0 amide bonds. The third-order valence-electron chi connectivity index (χ3n) is 3.33. The highest BCUT2D eigenvalue weighted by molar-refractivity contribution is 5.54. The molecule has 2 rings (SSSR count). The zero-order valence-corrected chi connectivity index (χ0v) is 10.1. The van der Waals surface area contributed by atoms with Crippen molar-refractivity contribution in [3.05, 3.63) is 17.8 Å². The van der Waals surface area contributed by atoms with E-state index in [4.69, 9.17) is 10.5 Å². The maximum atomic E-state index is 5.89. The molecule has 2 unspecified atom stereocenters. The van der Waals surface area contributed by atoms with Crippen LogP contribution < -0.4 is 10.6 Å². The van der Waals surface area contributed by atoms with E-state index < -0.39 is 0 Å². The number of aromatic nitrogens is 1. The fourth-order valence-electron chi connectivity index (χ4n) is 2.12. The normalized spacial score (nSPS) is 24.7. The zero-order valence-electron chi connectivity index (χ0n) is 10.1. The maximum absolute atomic E-state index is 5.89. The van der Waals surface area contributed by atoms with Crippen molar-refractivity contribution < 1.29 is 4.74 Å². The average Bonchev–Trinajstić information content (AvgIpc) is 2.67. The van der Waals surface area contributed by atoms with Crippen LogP contribution >= 0.6 is 0 Å². The van der Waals surface area contributed by atoms with Gasteiger partial charge < -0.3 is 15.4 Å². The van der Waals surface area contributed by atoms with Crippen LogP contribution in [0.2, 0.25) is 0 Å². The summed E-state index contributed by atoms with van der Waals surface area (Å²) in [5, 5.41) is 0. The monoisotopic (exact) mass is 221 g/mol. The number of anilines is 2. The van der Waals surface area contributed by atoms with Gasteiger partial charge in [0.2, 0.25) is 0 Å². The fraction of sp³-hybridized carbons (Fsp3) is 0.583. The summed E-state index contributed by atoms with van der Waals surface area (Å²) in [7, 11) is 2.05. The zero-order chi connectivity index (χ0) is 11.7. The molecule has 0 saturated carbocycles. The standard InChI is InChI=1S/C12H19N3O/c1-8-7-14-12(6-10(8)13)15(3)11-4-5-16-9(11)2/h6-7,9,11H,4-5H2,1-3H3,(H2,13,14). The molecule has 0 spiro atoms. The molecule has 1 saturated heterocycles. The molecule has 16 heavy (non-hydrogen) atoms. The van der Waals surface area contributed by atoms with Crippen molar-refractivity contribution in [3.8, 4) is 0 Å². The molecule has 1 aliphatic rings. The summed E-state index contributed by atoms with van der Waals surface area (Å²) in [6.07, 6.45) is 3.13. The van der Waals surface area contributed by atoms with Gasteiger partial charge >= 0.3 is 0 Å². The van der Waals surface area contributed by atoms with Crippen LogP contribution in [-0.4, -0.2) is 30.8 Å². The van der Waals surface area contributed by atoms with Crippen LogP contribution in [0.15, 0.2) is 12.3 Å². The molecule has 0 radical (unpaired) electrons. The van der Waals surface area contributed by atoms with Gasteiger partial charge in [0.1, 0.15) is 5.82 Å². The van der Waals surface area contributed by atoms with Gasteiger partial charge in [0.25, 0.3) is 0 Å². The SMILES string of the molecule is Cc1cnc(N(C)C2CCOC2C)cc1N. The van der Waals surface area contributed by atoms with E-state index >= 15 is 0 Å². The third kappa shape index (κ3) is 1.97. The Morgan fingerprint density at radius 2 is 2.31 bits per heavy atom. The van der Waals surface area contributed by atoms with Crippen molar-refractivity contribution in [2.24, 2.45) is 0 Å². The molecule has 0 aromatic carbocycles. The number of nitrogens with two attached hydrogens (primary N) is 1. The predicted molar refractivity (Wildman–Crippen MR) is 65.6 cm³/mol. The Bertz CT molecular complexity index is 381. The van der Waals surface area contributed by atoms with Crippen LogP contribution in [-0.2, 0) is 4.74 Å². The van der Waals surface area contributed by atoms with Crippen LogP contribution in [0.25, 0.3) is 0 Å². The van der Waals surface area contributed by atoms with Gasteiger partial charge in [0.05, 0.1) is 12.1 Å². The van der Waals surface area contributed by atoms with Crippen LogP contribution in [0.4, 0.5) is 11.5 Å². The lowest BCUT2D eigenvalue weighted by Gasteiger charge is -2.28. The molecule has 1 aromatic heterocycles. The average molecular weight is 221 g/mol. The van der Waals surface area contributed by atoms with Crippen LogP contribution in [0.1, 0.15) is 18.9 Å². The number of nitrogens with zero attached hydrogens (tertiary/aromatic N) is 2. The van der Waals surface area contributed by atoms with Gasteiger partial charge in [-0.15, -0.1) is 0 Å². The molecule has 1 fully saturated rings. The maximum Gasteiger partial charge on any atom is 0.130 e. The number of ether oxygens (including phenoxy) is 1. The second-order valence-corrected chi connectivity index (χ2v) is 4.44. The summed E-state index contributed by atoms with van der Waals surface area (Å²) < 4.78 is 5.56. The molecule has 0 aliphatic carbocycles. The van der Waals surface area contributed by atoms with Crippen molar-refractivity contribution in [2.75, 3.05) is 24.3 Å². The van der Waals surface area contributed by atoms with Gasteiger partial charge in [0.15, 0.2) is 0 Å². The number of likely N-dealkylation sites (N-methyl/N-ethyl adjacent to an activating group) is 1. The highest BCUT2D eigenvalue weighted by Crippen LogP contribution is 2.24. The summed E-state index contributed by atoms with van der Waals surface area (Å²) in [5.74, 6) is 0.922. The minimum Gasteiger partial charge on any atom is -0.398 e. The highest BCUT2D eigenvalue weighted by Gasteiger charge is 2.28. The Balaban J connectivity index is 2.20. The van der Waals surface area contributed by atoms with Crippen molar-refractivity contribution in [3.63, 3.8) is 0 Å². The number of aryl methyl sites for hydroxylation is 1. The quantitative estimate of drug-likeness (QED) is 0.824. The predicted octanol–water partition coefficient (Wildman–Crippen LogP) is 1.59. The smallest absolute Gasteiger partial charge is 0.130 e. The van der Waals surface area contributed by atoms with Gasteiger partial charge in [-0.2, -0.15) is 0 Å². The molecule has 4 heteroatoms. The van der Waals surface area contributed by atoms with E-state index in [-0.39, 0.29) is 6.10 Å². The van der Waals surface area contributed by atoms with E-state index in [9.17, 15) is 0 Å². The van der Waals surface area contributed by atoms with E-state index in [2.05, 4.69) is 16.8 Å². The Kier molecular flexibility index (Phi) is 3.01. The number of hydrogen-bond acceptors (Lipinski definition) is 4. The summed E-state index contributed by atoms with van der Waals surface area (Å²) >= 11 is 0. The molecule has 1 aromatic rings.